The van der Waals surface area contributed by atoms with Gasteiger partial charge in [-0.15, -0.1) is 13.2 Å². The summed E-state index contributed by atoms with van der Waals surface area (Å²) in [5.74, 6) is -1.82. The third-order valence-corrected chi connectivity index (χ3v) is 7.37. The molecule has 0 aromatic heterocycles. The molecule has 12 heteroatoms. The maximum atomic E-state index is 15.7. The number of ether oxygens (including phenoxy) is 1. The summed E-state index contributed by atoms with van der Waals surface area (Å²) >= 11 is 0. The molecule has 2 aromatic carbocycles. The van der Waals surface area contributed by atoms with Crippen molar-refractivity contribution in [2.24, 2.45) is 5.92 Å². The molecule has 196 valence electrons. The molecule has 1 aliphatic carbocycles. The average Bonchev–Trinajstić information content (AvgIpc) is 2.72. The number of amides is 1. The summed E-state index contributed by atoms with van der Waals surface area (Å²) in [6.07, 6.45) is -4.14. The number of nitrogens with zero attached hydrogens (tertiary/aromatic N) is 1. The Bertz CT molecular complexity index is 1250. The normalized spacial score (nSPS) is 24.7. The minimum atomic E-state index is -4.90. The van der Waals surface area contributed by atoms with E-state index in [2.05, 4.69) is 9.46 Å². The van der Waals surface area contributed by atoms with Crippen molar-refractivity contribution in [3.63, 3.8) is 0 Å². The third kappa shape index (κ3) is 5.65. The molecule has 2 saturated heterocycles. The summed E-state index contributed by atoms with van der Waals surface area (Å²) in [5.41, 5.74) is 0.345. The number of nitrogens with one attached hydrogen (secondary N) is 1. The summed E-state index contributed by atoms with van der Waals surface area (Å²) in [7, 11) is -3.66. The second-order valence-corrected chi connectivity index (χ2v) is 11.1. The first kappa shape index (κ1) is 26.4. The summed E-state index contributed by atoms with van der Waals surface area (Å²) < 4.78 is 84.3. The van der Waals surface area contributed by atoms with Gasteiger partial charge in [-0.1, -0.05) is 30.3 Å². The van der Waals surface area contributed by atoms with E-state index in [0.29, 0.717) is 12.8 Å². The quantitative estimate of drug-likeness (QED) is 0.536. The number of alkyl halides is 3. The van der Waals surface area contributed by atoms with Crippen LogP contribution in [-0.2, 0) is 21.2 Å². The van der Waals surface area contributed by atoms with Crippen LogP contribution >= 0.6 is 0 Å². The van der Waals surface area contributed by atoms with Gasteiger partial charge in [-0.05, 0) is 55.4 Å². The predicted octanol–water partition coefficient (Wildman–Crippen LogP) is 3.22. The van der Waals surface area contributed by atoms with Crippen LogP contribution in [0.3, 0.4) is 0 Å². The highest BCUT2D eigenvalue weighted by Crippen LogP contribution is 2.45. The fourth-order valence-electron chi connectivity index (χ4n) is 5.16. The molecule has 3 atom stereocenters. The van der Waals surface area contributed by atoms with E-state index in [1.165, 1.54) is 42.2 Å². The molecule has 2 N–H and O–H groups in total. The Morgan fingerprint density at radius 2 is 1.89 bits per heavy atom. The fraction of sp³-hybridized carbons (Fsp3) is 0.458. The Hall–Kier alpha value is -2.70. The fourth-order valence-corrected chi connectivity index (χ4v) is 6.00. The van der Waals surface area contributed by atoms with Crippen LogP contribution in [0.1, 0.15) is 25.3 Å². The van der Waals surface area contributed by atoms with Crippen molar-refractivity contribution < 1.29 is 40.6 Å². The Balaban J connectivity index is 1.69. The van der Waals surface area contributed by atoms with Crippen LogP contribution in [0.2, 0.25) is 0 Å². The van der Waals surface area contributed by atoms with Crippen LogP contribution in [0.4, 0.5) is 17.6 Å². The lowest BCUT2D eigenvalue weighted by molar-refractivity contribution is -0.274. The number of halogens is 4. The molecule has 36 heavy (non-hydrogen) atoms. The van der Waals surface area contributed by atoms with E-state index >= 15 is 4.39 Å². The van der Waals surface area contributed by atoms with Crippen LogP contribution in [0.25, 0.3) is 11.1 Å². The number of hydrogen-bond acceptors (Lipinski definition) is 5. The standard InChI is InChI=1S/C24H26F4N2O5S/c1-13(31)23(32)30-17-9-16(10-17)22(29-36(2,33)34)20(30)12-15-6-4-8-19(21(15)25)14-5-3-7-18(11-14)35-24(26,27)28/h3-8,11,13,16-17,20,22,29,31H,9-10,12H2,1-2H3/t13-,16?,17?,20+,22+/m1/s1. The number of fused-ring (bicyclic) bond motifs is 2. The second kappa shape index (κ2) is 9.64. The third-order valence-electron chi connectivity index (χ3n) is 6.67. The number of hydrogen-bond donors (Lipinski definition) is 2. The maximum absolute atomic E-state index is 15.7. The van der Waals surface area contributed by atoms with Gasteiger partial charge in [0, 0.05) is 17.6 Å². The largest absolute Gasteiger partial charge is 0.573 e. The summed E-state index contributed by atoms with van der Waals surface area (Å²) in [4.78, 5) is 14.3. The molecular weight excluding hydrogens is 504 g/mol. The topological polar surface area (TPSA) is 95.9 Å². The van der Waals surface area contributed by atoms with E-state index in [4.69, 9.17) is 0 Å². The van der Waals surface area contributed by atoms with E-state index in [9.17, 15) is 31.5 Å². The zero-order chi connectivity index (χ0) is 26.4. The van der Waals surface area contributed by atoms with Crippen LogP contribution in [0.5, 0.6) is 5.75 Å². The van der Waals surface area contributed by atoms with E-state index in [-0.39, 0.29) is 35.1 Å². The van der Waals surface area contributed by atoms with Crippen molar-refractivity contribution in [1.29, 1.82) is 0 Å². The van der Waals surface area contributed by atoms with Gasteiger partial charge in [-0.2, -0.15) is 0 Å². The lowest BCUT2D eigenvalue weighted by Crippen LogP contribution is -2.71. The highest BCUT2D eigenvalue weighted by molar-refractivity contribution is 7.88. The summed E-state index contributed by atoms with van der Waals surface area (Å²) in [6, 6.07) is 7.73. The van der Waals surface area contributed by atoms with E-state index in [0.717, 1.165) is 18.4 Å². The maximum Gasteiger partial charge on any atom is 0.573 e. The van der Waals surface area contributed by atoms with Crippen LogP contribution in [0, 0.1) is 11.7 Å². The van der Waals surface area contributed by atoms with Gasteiger partial charge in [-0.3, -0.25) is 4.79 Å². The SMILES string of the molecule is C[C@@H](O)C(=O)N1C2CC(C2)[C@H](NS(C)(=O)=O)[C@@H]1Cc1cccc(-c2cccc(OC(F)(F)F)c2)c1F. The first-order valence-electron chi connectivity index (χ1n) is 11.3. The monoisotopic (exact) mass is 530 g/mol. The van der Waals surface area contributed by atoms with Crippen molar-refractivity contribution in [3.8, 4) is 16.9 Å². The molecule has 3 aliphatic rings. The van der Waals surface area contributed by atoms with Crippen molar-refractivity contribution in [3.05, 3.63) is 53.8 Å². The summed E-state index contributed by atoms with van der Waals surface area (Å²) in [5, 5.41) is 9.97. The molecule has 0 unspecified atom stereocenters. The first-order chi connectivity index (χ1) is 16.7. The van der Waals surface area contributed by atoms with Crippen molar-refractivity contribution in [2.75, 3.05) is 6.26 Å². The number of aliphatic hydroxyl groups is 1. The van der Waals surface area contributed by atoms with E-state index < -0.39 is 52.0 Å². The summed E-state index contributed by atoms with van der Waals surface area (Å²) in [6.45, 7) is 1.32. The average molecular weight is 531 g/mol. The number of rotatable bonds is 7. The van der Waals surface area contributed by atoms with Gasteiger partial charge >= 0.3 is 6.36 Å². The molecule has 0 spiro atoms. The zero-order valence-corrected chi connectivity index (χ0v) is 20.3. The Morgan fingerprint density at radius 1 is 1.22 bits per heavy atom. The number of aliphatic hydroxyl groups excluding tert-OH is 1. The molecule has 1 saturated carbocycles. The number of carbonyl (C=O) groups is 1. The van der Waals surface area contributed by atoms with Gasteiger partial charge in [0.05, 0.1) is 12.3 Å². The molecule has 3 fully saturated rings. The number of carbonyl (C=O) groups excluding carboxylic acids is 1. The molecule has 2 aliphatic heterocycles. The minimum Gasteiger partial charge on any atom is -0.406 e. The molecule has 7 nitrogen and oxygen atoms in total. The molecule has 2 aromatic rings. The molecule has 5 rings (SSSR count). The molecule has 1 amide bonds. The number of sulfonamides is 1. The number of benzene rings is 2. The van der Waals surface area contributed by atoms with Crippen LogP contribution < -0.4 is 9.46 Å². The Morgan fingerprint density at radius 3 is 2.50 bits per heavy atom. The minimum absolute atomic E-state index is 0.0297. The van der Waals surface area contributed by atoms with Gasteiger partial charge in [-0.25, -0.2) is 17.5 Å². The van der Waals surface area contributed by atoms with Crippen molar-refractivity contribution in [1.82, 2.24) is 9.62 Å². The van der Waals surface area contributed by atoms with Gasteiger partial charge < -0.3 is 14.7 Å². The number of piperidine rings is 2. The van der Waals surface area contributed by atoms with Gasteiger partial charge in [0.1, 0.15) is 17.7 Å². The van der Waals surface area contributed by atoms with Crippen molar-refractivity contribution in [2.45, 2.75) is 56.8 Å². The van der Waals surface area contributed by atoms with E-state index in [1.54, 1.807) is 0 Å². The highest BCUT2D eigenvalue weighted by atomic mass is 32.2. The smallest absolute Gasteiger partial charge is 0.406 e. The first-order valence-corrected chi connectivity index (χ1v) is 13.2. The molecular formula is C24H26F4N2O5S. The Kier molecular flexibility index (Phi) is 7.06. The van der Waals surface area contributed by atoms with Gasteiger partial charge in [0.15, 0.2) is 0 Å². The van der Waals surface area contributed by atoms with Crippen molar-refractivity contribution >= 4 is 15.9 Å². The highest BCUT2D eigenvalue weighted by Gasteiger charge is 2.53. The van der Waals surface area contributed by atoms with Gasteiger partial charge in [0.2, 0.25) is 10.0 Å². The molecule has 0 radical (unpaired) electrons. The molecule has 2 heterocycles. The lowest BCUT2D eigenvalue weighted by atomic mass is 9.66. The lowest BCUT2D eigenvalue weighted by Gasteiger charge is -2.58. The second-order valence-electron chi connectivity index (χ2n) is 9.35. The van der Waals surface area contributed by atoms with E-state index in [1.807, 2.05) is 0 Å². The molecule has 2 bridgehead atoms. The zero-order valence-electron chi connectivity index (χ0n) is 19.5. The predicted molar refractivity (Wildman–Crippen MR) is 123 cm³/mol. The van der Waals surface area contributed by atoms with Crippen LogP contribution in [0.15, 0.2) is 42.5 Å². The Labute approximate surface area is 206 Å². The van der Waals surface area contributed by atoms with Crippen LogP contribution in [-0.4, -0.2) is 61.2 Å². The van der Waals surface area contributed by atoms with Gasteiger partial charge in [0.25, 0.3) is 5.91 Å².